The average Bonchev–Trinajstić information content (AvgIpc) is 3.35. The standard InChI is InChI=1S/C27H20N2O2S/c28-16-18-10-12-19(13-11-18)17-31-27(30)25-22-7-1-2-9-24(22)29-26-20(5-3-8-23(25)26)15-21-6-4-14-32-21/h1-2,4,6-7,9-15H,3,5,8,17H2. The summed E-state index contributed by atoms with van der Waals surface area (Å²) in [6.45, 7) is 0.161. The van der Waals surface area contributed by atoms with E-state index in [4.69, 9.17) is 15.0 Å². The summed E-state index contributed by atoms with van der Waals surface area (Å²) in [4.78, 5) is 19.5. The summed E-state index contributed by atoms with van der Waals surface area (Å²) in [5.41, 5.74) is 5.91. The SMILES string of the molecule is N#Cc1ccc(COC(=O)c2c3c(nc4ccccc24)C(=Cc2cccs2)CCC3)cc1. The molecule has 0 N–H and O–H groups in total. The number of fused-ring (bicyclic) bond motifs is 2. The van der Waals surface area contributed by atoms with Crippen molar-refractivity contribution in [3.63, 3.8) is 0 Å². The lowest BCUT2D eigenvalue weighted by Gasteiger charge is -2.22. The zero-order valence-electron chi connectivity index (χ0n) is 17.4. The van der Waals surface area contributed by atoms with Crippen LogP contribution in [0, 0.1) is 11.3 Å². The van der Waals surface area contributed by atoms with E-state index >= 15 is 0 Å². The number of nitriles is 1. The van der Waals surface area contributed by atoms with Gasteiger partial charge in [0.15, 0.2) is 0 Å². The molecule has 0 unspecified atom stereocenters. The highest BCUT2D eigenvalue weighted by atomic mass is 32.1. The lowest BCUT2D eigenvalue weighted by Crippen LogP contribution is -2.15. The maximum Gasteiger partial charge on any atom is 0.339 e. The summed E-state index contributed by atoms with van der Waals surface area (Å²) in [6, 6.07) is 21.1. The van der Waals surface area contributed by atoms with Gasteiger partial charge < -0.3 is 4.74 Å². The van der Waals surface area contributed by atoms with Crippen LogP contribution in [0.2, 0.25) is 0 Å². The Morgan fingerprint density at radius 2 is 1.94 bits per heavy atom. The fraction of sp³-hybridized carbons (Fsp3) is 0.148. The molecule has 0 amide bonds. The Labute approximate surface area is 190 Å². The number of nitrogens with zero attached hydrogens (tertiary/aromatic N) is 2. The molecule has 156 valence electrons. The summed E-state index contributed by atoms with van der Waals surface area (Å²) in [6.07, 6.45) is 4.91. The number of hydrogen-bond acceptors (Lipinski definition) is 5. The number of rotatable bonds is 4. The number of allylic oxidation sites excluding steroid dienone is 1. The number of ether oxygens (including phenoxy) is 1. The molecule has 1 aliphatic carbocycles. The van der Waals surface area contributed by atoms with Crippen LogP contribution >= 0.6 is 11.3 Å². The van der Waals surface area contributed by atoms with Crippen molar-refractivity contribution in [2.45, 2.75) is 25.9 Å². The van der Waals surface area contributed by atoms with Crippen molar-refractivity contribution in [3.8, 4) is 6.07 Å². The summed E-state index contributed by atoms with van der Waals surface area (Å²) in [5.74, 6) is -0.332. The van der Waals surface area contributed by atoms with Crippen LogP contribution in [-0.2, 0) is 17.8 Å². The van der Waals surface area contributed by atoms with Gasteiger partial charge in [0.2, 0.25) is 0 Å². The predicted octanol–water partition coefficient (Wildman–Crippen LogP) is 6.40. The molecular weight excluding hydrogens is 416 g/mol. The lowest BCUT2D eigenvalue weighted by atomic mass is 9.86. The molecule has 2 heterocycles. The number of thiophene rings is 1. The minimum Gasteiger partial charge on any atom is -0.457 e. The Bertz CT molecular complexity index is 1360. The van der Waals surface area contributed by atoms with E-state index < -0.39 is 0 Å². The Balaban J connectivity index is 1.54. The first-order valence-corrected chi connectivity index (χ1v) is 11.4. The monoisotopic (exact) mass is 436 g/mol. The molecule has 4 aromatic rings. The first kappa shape index (κ1) is 20.2. The highest BCUT2D eigenvalue weighted by Gasteiger charge is 2.26. The molecule has 32 heavy (non-hydrogen) atoms. The molecule has 5 rings (SSSR count). The molecule has 4 nitrogen and oxygen atoms in total. The third-order valence-corrected chi connectivity index (χ3v) is 6.51. The fourth-order valence-corrected chi connectivity index (χ4v) is 4.83. The van der Waals surface area contributed by atoms with Gasteiger partial charge in [-0.3, -0.25) is 0 Å². The van der Waals surface area contributed by atoms with Crippen LogP contribution < -0.4 is 0 Å². The van der Waals surface area contributed by atoms with E-state index in [1.807, 2.05) is 42.5 Å². The molecule has 0 radical (unpaired) electrons. The molecule has 0 atom stereocenters. The number of aromatic nitrogens is 1. The number of carbonyl (C=O) groups excluding carboxylic acids is 1. The zero-order chi connectivity index (χ0) is 21.9. The van der Waals surface area contributed by atoms with Crippen molar-refractivity contribution in [1.82, 2.24) is 4.98 Å². The zero-order valence-corrected chi connectivity index (χ0v) is 18.2. The second-order valence-electron chi connectivity index (χ2n) is 7.75. The molecule has 5 heteroatoms. The fourth-order valence-electron chi connectivity index (χ4n) is 4.15. The van der Waals surface area contributed by atoms with E-state index in [2.05, 4.69) is 23.6 Å². The normalized spacial score (nSPS) is 14.2. The van der Waals surface area contributed by atoms with Gasteiger partial charge in [-0.25, -0.2) is 9.78 Å². The lowest BCUT2D eigenvalue weighted by molar-refractivity contribution is 0.0473. The van der Waals surface area contributed by atoms with E-state index in [1.165, 1.54) is 10.5 Å². The van der Waals surface area contributed by atoms with Gasteiger partial charge in [0.05, 0.1) is 28.4 Å². The van der Waals surface area contributed by atoms with Gasteiger partial charge in [-0.05, 0) is 71.7 Å². The highest BCUT2D eigenvalue weighted by molar-refractivity contribution is 7.10. The highest BCUT2D eigenvalue weighted by Crippen LogP contribution is 2.37. The van der Waals surface area contributed by atoms with Crippen molar-refractivity contribution in [3.05, 3.63) is 98.9 Å². The van der Waals surface area contributed by atoms with Gasteiger partial charge in [-0.2, -0.15) is 5.26 Å². The maximum atomic E-state index is 13.3. The second-order valence-corrected chi connectivity index (χ2v) is 8.73. The summed E-state index contributed by atoms with van der Waals surface area (Å²) in [7, 11) is 0. The van der Waals surface area contributed by atoms with E-state index in [-0.39, 0.29) is 12.6 Å². The van der Waals surface area contributed by atoms with Crippen LogP contribution in [0.4, 0.5) is 0 Å². The Morgan fingerprint density at radius 1 is 1.09 bits per heavy atom. The van der Waals surface area contributed by atoms with Crippen molar-refractivity contribution < 1.29 is 9.53 Å². The van der Waals surface area contributed by atoms with Crippen LogP contribution in [-0.4, -0.2) is 11.0 Å². The Kier molecular flexibility index (Phi) is 5.53. The van der Waals surface area contributed by atoms with E-state index in [0.717, 1.165) is 47.0 Å². The smallest absolute Gasteiger partial charge is 0.339 e. The van der Waals surface area contributed by atoms with Crippen LogP contribution in [0.3, 0.4) is 0 Å². The van der Waals surface area contributed by atoms with E-state index in [9.17, 15) is 4.79 Å². The van der Waals surface area contributed by atoms with Gasteiger partial charge in [-0.1, -0.05) is 36.4 Å². The van der Waals surface area contributed by atoms with Crippen LogP contribution in [0.1, 0.15) is 50.5 Å². The van der Waals surface area contributed by atoms with Crippen LogP contribution in [0.25, 0.3) is 22.6 Å². The number of pyridine rings is 1. The summed E-state index contributed by atoms with van der Waals surface area (Å²) < 4.78 is 5.74. The first-order chi connectivity index (χ1) is 15.7. The molecule has 2 aromatic heterocycles. The average molecular weight is 437 g/mol. The van der Waals surface area contributed by atoms with Crippen LogP contribution in [0.15, 0.2) is 66.0 Å². The molecule has 0 spiro atoms. The number of para-hydroxylation sites is 1. The van der Waals surface area contributed by atoms with Gasteiger partial charge in [0.1, 0.15) is 6.61 Å². The quantitative estimate of drug-likeness (QED) is 0.347. The molecular formula is C27H20N2O2S. The summed E-state index contributed by atoms with van der Waals surface area (Å²) in [5, 5.41) is 11.9. The first-order valence-electron chi connectivity index (χ1n) is 10.5. The molecule has 0 aliphatic heterocycles. The molecule has 0 saturated carbocycles. The minimum absolute atomic E-state index is 0.161. The maximum absolute atomic E-state index is 13.3. The molecule has 0 bridgehead atoms. The molecule has 1 aliphatic rings. The van der Waals surface area contributed by atoms with Gasteiger partial charge in [0, 0.05) is 10.3 Å². The number of esters is 1. The molecule has 0 fully saturated rings. The third-order valence-electron chi connectivity index (χ3n) is 5.69. The van der Waals surface area contributed by atoms with Gasteiger partial charge in [0.25, 0.3) is 0 Å². The predicted molar refractivity (Wildman–Crippen MR) is 127 cm³/mol. The number of hydrogen-bond donors (Lipinski definition) is 0. The number of benzene rings is 2. The summed E-state index contributed by atoms with van der Waals surface area (Å²) >= 11 is 1.70. The largest absolute Gasteiger partial charge is 0.457 e. The van der Waals surface area contributed by atoms with Crippen molar-refractivity contribution in [2.24, 2.45) is 0 Å². The molecule has 0 saturated heterocycles. The van der Waals surface area contributed by atoms with Crippen LogP contribution in [0.5, 0.6) is 0 Å². The minimum atomic E-state index is -0.332. The Morgan fingerprint density at radius 3 is 2.72 bits per heavy atom. The second kappa shape index (κ2) is 8.78. The number of carbonyl (C=O) groups is 1. The van der Waals surface area contributed by atoms with Crippen molar-refractivity contribution in [2.75, 3.05) is 0 Å². The van der Waals surface area contributed by atoms with Gasteiger partial charge in [-0.15, -0.1) is 11.3 Å². The van der Waals surface area contributed by atoms with Crippen molar-refractivity contribution >= 4 is 39.9 Å². The Hall–Kier alpha value is -3.75. The van der Waals surface area contributed by atoms with E-state index in [0.29, 0.717) is 11.1 Å². The topological polar surface area (TPSA) is 63.0 Å². The third kappa shape index (κ3) is 3.93. The van der Waals surface area contributed by atoms with E-state index in [1.54, 1.807) is 23.5 Å². The molecule has 2 aromatic carbocycles. The van der Waals surface area contributed by atoms with Crippen molar-refractivity contribution in [1.29, 1.82) is 5.26 Å². The van der Waals surface area contributed by atoms with Gasteiger partial charge >= 0.3 is 5.97 Å².